The molecule has 72 valence electrons. The minimum Gasteiger partial charge on any atom is -0.330 e. The summed E-state index contributed by atoms with van der Waals surface area (Å²) in [6.45, 7) is 6.02. The lowest BCUT2D eigenvalue weighted by atomic mass is 10.2. The van der Waals surface area contributed by atoms with Crippen molar-refractivity contribution >= 4 is 17.1 Å². The van der Waals surface area contributed by atoms with Crippen LogP contribution in [0.2, 0.25) is 0 Å². The highest BCUT2D eigenvalue weighted by molar-refractivity contribution is 7.13. The summed E-state index contributed by atoms with van der Waals surface area (Å²) in [5, 5.41) is 0.963. The Kier molecular flexibility index (Phi) is 3.17. The molecule has 0 aliphatic rings. The van der Waals surface area contributed by atoms with Crippen molar-refractivity contribution < 1.29 is 4.79 Å². The number of Topliss-reactive ketones (excluding diaryl/α,β-unsaturated/α-hetero) is 1. The van der Waals surface area contributed by atoms with Gasteiger partial charge in [0.1, 0.15) is 0 Å². The van der Waals surface area contributed by atoms with Gasteiger partial charge in [-0.25, -0.2) is 4.98 Å². The lowest BCUT2D eigenvalue weighted by molar-refractivity contribution is 0.102. The topological polar surface area (TPSA) is 56.0 Å². The van der Waals surface area contributed by atoms with Crippen molar-refractivity contribution in [3.8, 4) is 0 Å². The number of ketones is 1. The second kappa shape index (κ2) is 3.98. The average Bonchev–Trinajstić information content (AvgIpc) is 2.46. The van der Waals surface area contributed by atoms with Crippen molar-refractivity contribution in [2.24, 2.45) is 5.73 Å². The van der Waals surface area contributed by atoms with Crippen molar-refractivity contribution in [2.45, 2.75) is 26.7 Å². The number of hydrogen-bond donors (Lipinski definition) is 1. The highest BCUT2D eigenvalue weighted by atomic mass is 32.1. The van der Waals surface area contributed by atoms with E-state index < -0.39 is 0 Å². The Labute approximate surface area is 82.0 Å². The lowest BCUT2D eigenvalue weighted by Gasteiger charge is -2.01. The van der Waals surface area contributed by atoms with E-state index in [1.165, 1.54) is 11.3 Å². The van der Waals surface area contributed by atoms with Crippen LogP contribution in [0, 0.1) is 6.92 Å². The van der Waals surface area contributed by atoms with E-state index in [0.29, 0.717) is 6.54 Å². The van der Waals surface area contributed by atoms with E-state index in [4.69, 9.17) is 5.73 Å². The number of nitrogens with zero attached hydrogens (tertiary/aromatic N) is 1. The molecule has 1 heterocycles. The fraction of sp³-hybridized carbons (Fsp3) is 0.556. The summed E-state index contributed by atoms with van der Waals surface area (Å²) in [5.41, 5.74) is 6.35. The molecule has 1 rings (SSSR count). The summed E-state index contributed by atoms with van der Waals surface area (Å²) < 4.78 is 0. The minimum absolute atomic E-state index is 0.0884. The van der Waals surface area contributed by atoms with Gasteiger partial charge >= 0.3 is 0 Å². The van der Waals surface area contributed by atoms with E-state index in [-0.39, 0.29) is 11.7 Å². The van der Waals surface area contributed by atoms with Gasteiger partial charge in [-0.3, -0.25) is 4.79 Å². The van der Waals surface area contributed by atoms with Gasteiger partial charge < -0.3 is 5.73 Å². The first kappa shape index (κ1) is 10.3. The van der Waals surface area contributed by atoms with Crippen LogP contribution < -0.4 is 5.73 Å². The molecular formula is C9H14N2OS. The molecule has 4 heteroatoms. The quantitative estimate of drug-likeness (QED) is 0.752. The SMILES string of the molecule is CC(=O)c1sc(C(C)CN)nc1C. The maximum atomic E-state index is 11.1. The summed E-state index contributed by atoms with van der Waals surface area (Å²) in [6, 6.07) is 0. The summed E-state index contributed by atoms with van der Waals surface area (Å²) >= 11 is 1.46. The van der Waals surface area contributed by atoms with Gasteiger partial charge in [0.15, 0.2) is 5.78 Å². The van der Waals surface area contributed by atoms with Crippen LogP contribution in [0.1, 0.15) is 40.1 Å². The Morgan fingerprint density at radius 2 is 2.31 bits per heavy atom. The Hall–Kier alpha value is -0.740. The van der Waals surface area contributed by atoms with Gasteiger partial charge in [0.05, 0.1) is 15.6 Å². The van der Waals surface area contributed by atoms with Crippen LogP contribution in [0.3, 0.4) is 0 Å². The number of carbonyl (C=O) groups excluding carboxylic acids is 1. The Balaban J connectivity index is 3.01. The van der Waals surface area contributed by atoms with E-state index in [1.807, 2.05) is 13.8 Å². The van der Waals surface area contributed by atoms with Crippen LogP contribution in [-0.4, -0.2) is 17.3 Å². The Morgan fingerprint density at radius 1 is 1.69 bits per heavy atom. The van der Waals surface area contributed by atoms with Crippen molar-refractivity contribution in [3.63, 3.8) is 0 Å². The summed E-state index contributed by atoms with van der Waals surface area (Å²) in [7, 11) is 0. The molecule has 1 aromatic heterocycles. The zero-order valence-corrected chi connectivity index (χ0v) is 8.94. The van der Waals surface area contributed by atoms with E-state index in [9.17, 15) is 4.79 Å². The predicted octanol–water partition coefficient (Wildman–Crippen LogP) is 1.72. The molecule has 0 aliphatic carbocycles. The maximum absolute atomic E-state index is 11.1. The molecular weight excluding hydrogens is 184 g/mol. The largest absolute Gasteiger partial charge is 0.330 e. The smallest absolute Gasteiger partial charge is 0.171 e. The average molecular weight is 198 g/mol. The van der Waals surface area contributed by atoms with Gasteiger partial charge in [0, 0.05) is 19.4 Å². The van der Waals surface area contributed by atoms with Crippen molar-refractivity contribution in [1.82, 2.24) is 4.98 Å². The molecule has 0 bridgehead atoms. The number of nitrogens with two attached hydrogens (primary N) is 1. The fourth-order valence-electron chi connectivity index (χ4n) is 1.06. The first-order chi connectivity index (χ1) is 6.06. The highest BCUT2D eigenvalue weighted by Crippen LogP contribution is 2.24. The van der Waals surface area contributed by atoms with Gasteiger partial charge in [0.25, 0.3) is 0 Å². The number of aryl methyl sites for hydroxylation is 1. The van der Waals surface area contributed by atoms with Gasteiger partial charge in [-0.1, -0.05) is 6.92 Å². The molecule has 0 spiro atoms. The van der Waals surface area contributed by atoms with Gasteiger partial charge in [0.2, 0.25) is 0 Å². The van der Waals surface area contributed by atoms with Crippen molar-refractivity contribution in [2.75, 3.05) is 6.54 Å². The molecule has 0 saturated carbocycles. The molecule has 0 fully saturated rings. The lowest BCUT2D eigenvalue weighted by Crippen LogP contribution is -2.08. The van der Waals surface area contributed by atoms with Crippen LogP contribution in [0.15, 0.2) is 0 Å². The number of aromatic nitrogens is 1. The zero-order valence-electron chi connectivity index (χ0n) is 8.13. The molecule has 1 unspecified atom stereocenters. The number of thiazole rings is 1. The third-order valence-electron chi connectivity index (χ3n) is 1.91. The molecule has 13 heavy (non-hydrogen) atoms. The summed E-state index contributed by atoms with van der Waals surface area (Å²) in [5.74, 6) is 0.335. The van der Waals surface area contributed by atoms with Crippen LogP contribution >= 0.6 is 11.3 Å². The summed E-state index contributed by atoms with van der Waals surface area (Å²) in [6.07, 6.45) is 0. The molecule has 0 amide bonds. The van der Waals surface area contributed by atoms with E-state index in [2.05, 4.69) is 4.98 Å². The van der Waals surface area contributed by atoms with Gasteiger partial charge in [-0.2, -0.15) is 0 Å². The van der Waals surface area contributed by atoms with Gasteiger partial charge in [-0.15, -0.1) is 11.3 Å². The van der Waals surface area contributed by atoms with Crippen LogP contribution in [0.4, 0.5) is 0 Å². The maximum Gasteiger partial charge on any atom is 0.171 e. The second-order valence-corrected chi connectivity index (χ2v) is 4.19. The van der Waals surface area contributed by atoms with Gasteiger partial charge in [-0.05, 0) is 6.92 Å². The number of carbonyl (C=O) groups is 1. The molecule has 2 N–H and O–H groups in total. The van der Waals surface area contributed by atoms with E-state index in [1.54, 1.807) is 6.92 Å². The van der Waals surface area contributed by atoms with E-state index >= 15 is 0 Å². The highest BCUT2D eigenvalue weighted by Gasteiger charge is 2.14. The third-order valence-corrected chi connectivity index (χ3v) is 3.40. The number of hydrogen-bond acceptors (Lipinski definition) is 4. The fourth-order valence-corrected chi connectivity index (χ4v) is 2.08. The monoisotopic (exact) mass is 198 g/mol. The van der Waals surface area contributed by atoms with Crippen LogP contribution in [-0.2, 0) is 0 Å². The zero-order chi connectivity index (χ0) is 10.0. The van der Waals surface area contributed by atoms with Crippen LogP contribution in [0.25, 0.3) is 0 Å². The molecule has 0 radical (unpaired) electrons. The second-order valence-electron chi connectivity index (χ2n) is 3.16. The molecule has 1 atom stereocenters. The van der Waals surface area contributed by atoms with E-state index in [0.717, 1.165) is 15.6 Å². The van der Waals surface area contributed by atoms with Crippen molar-refractivity contribution in [1.29, 1.82) is 0 Å². The molecule has 1 aromatic rings. The normalized spacial score (nSPS) is 12.9. The molecule has 0 aliphatic heterocycles. The Morgan fingerprint density at radius 3 is 2.69 bits per heavy atom. The summed E-state index contributed by atoms with van der Waals surface area (Å²) in [4.78, 5) is 16.2. The molecule has 0 aromatic carbocycles. The van der Waals surface area contributed by atoms with Crippen molar-refractivity contribution in [3.05, 3.63) is 15.6 Å². The third kappa shape index (κ3) is 2.14. The predicted molar refractivity (Wildman–Crippen MR) is 54.3 cm³/mol. The standard InChI is InChI=1S/C9H14N2OS/c1-5(4-10)9-11-6(2)8(13-9)7(3)12/h5H,4,10H2,1-3H3. The first-order valence-electron chi connectivity index (χ1n) is 4.24. The molecule has 3 nitrogen and oxygen atoms in total. The Bertz CT molecular complexity index is 319. The molecule has 0 saturated heterocycles. The first-order valence-corrected chi connectivity index (χ1v) is 5.06. The van der Waals surface area contributed by atoms with Crippen LogP contribution in [0.5, 0.6) is 0 Å². The minimum atomic E-state index is 0.0884. The number of rotatable bonds is 3.